The average molecular weight is 343 g/mol. The van der Waals surface area contributed by atoms with E-state index in [9.17, 15) is 9.59 Å². The van der Waals surface area contributed by atoms with Crippen LogP contribution in [-0.2, 0) is 14.3 Å². The second kappa shape index (κ2) is 12.3. The Morgan fingerprint density at radius 2 is 1.61 bits per heavy atom. The van der Waals surface area contributed by atoms with Crippen LogP contribution in [0.15, 0.2) is 12.2 Å². The maximum absolute atomic E-state index is 11.4. The van der Waals surface area contributed by atoms with Gasteiger partial charge >= 0.3 is 11.9 Å². The molecule has 1 atom stereocenters. The summed E-state index contributed by atoms with van der Waals surface area (Å²) in [6, 6.07) is 0. The lowest BCUT2D eigenvalue weighted by Gasteiger charge is -2.29. The predicted molar refractivity (Wildman–Crippen MR) is 97.4 cm³/mol. The Balaban J connectivity index is 4.07. The Kier molecular flexibility index (Phi) is 11.7. The summed E-state index contributed by atoms with van der Waals surface area (Å²) in [5.74, 6) is -1.70. The molecule has 0 radical (unpaired) electrons. The van der Waals surface area contributed by atoms with E-state index in [0.29, 0.717) is 12.1 Å². The van der Waals surface area contributed by atoms with Crippen molar-refractivity contribution in [3.05, 3.63) is 12.2 Å². The number of aliphatic carboxylic acids is 1. The molecule has 23 heavy (non-hydrogen) atoms. The van der Waals surface area contributed by atoms with E-state index in [1.807, 2.05) is 0 Å². The van der Waals surface area contributed by atoms with Crippen LogP contribution in [0.1, 0.15) is 58.3 Å². The van der Waals surface area contributed by atoms with Crippen LogP contribution in [0.25, 0.3) is 0 Å². The highest BCUT2D eigenvalue weighted by Crippen LogP contribution is 2.31. The molecule has 5 heteroatoms. The van der Waals surface area contributed by atoms with Crippen LogP contribution in [0, 0.1) is 0 Å². The molecule has 0 aliphatic carbocycles. The molecule has 0 aliphatic heterocycles. The summed E-state index contributed by atoms with van der Waals surface area (Å²) in [4.78, 5) is 21.7. The minimum absolute atomic E-state index is 0.383. The molecule has 0 rings (SSSR count). The number of rotatable bonds is 13. The quantitative estimate of drug-likeness (QED) is 0.221. The maximum atomic E-state index is 11.4. The van der Waals surface area contributed by atoms with Crippen LogP contribution < -0.4 is 0 Å². The number of ether oxygens (including phenoxy) is 1. The summed E-state index contributed by atoms with van der Waals surface area (Å²) in [6.07, 6.45) is 11.7. The van der Waals surface area contributed by atoms with Gasteiger partial charge in [0, 0.05) is 20.2 Å². The van der Waals surface area contributed by atoms with Crippen molar-refractivity contribution in [2.24, 2.45) is 0 Å². The molecule has 0 fully saturated rings. The Labute approximate surface area is 142 Å². The first-order chi connectivity index (χ1) is 10.8. The zero-order valence-electron chi connectivity index (χ0n) is 15.3. The van der Waals surface area contributed by atoms with Crippen molar-refractivity contribution in [1.29, 1.82) is 0 Å². The van der Waals surface area contributed by atoms with E-state index in [4.69, 9.17) is 9.84 Å². The molecular weight excluding hydrogens is 308 g/mol. The molecule has 0 aliphatic rings. The van der Waals surface area contributed by atoms with Crippen LogP contribution in [-0.4, -0.2) is 31.7 Å². The Bertz CT molecular complexity index is 372. The summed E-state index contributed by atoms with van der Waals surface area (Å²) in [5, 5.41) is 8.47. The highest BCUT2D eigenvalue weighted by atomic mass is 28.3. The largest absolute Gasteiger partial charge is 0.478 e. The van der Waals surface area contributed by atoms with Crippen LogP contribution in [0.2, 0.25) is 25.2 Å². The van der Waals surface area contributed by atoms with Crippen molar-refractivity contribution < 1.29 is 19.4 Å². The fourth-order valence-electron chi connectivity index (χ4n) is 2.67. The van der Waals surface area contributed by atoms with Gasteiger partial charge in [-0.2, -0.15) is 0 Å². The second-order valence-electron chi connectivity index (χ2n) is 7.25. The van der Waals surface area contributed by atoms with E-state index in [2.05, 4.69) is 26.6 Å². The molecule has 0 spiro atoms. The molecule has 0 amide bonds. The molecular formula is C18H34O4Si. The molecule has 134 valence electrons. The van der Waals surface area contributed by atoms with E-state index in [1.54, 1.807) is 0 Å². The Morgan fingerprint density at radius 3 is 2.17 bits per heavy atom. The van der Waals surface area contributed by atoms with Crippen molar-refractivity contribution in [2.45, 2.75) is 83.5 Å². The number of carboxylic acids is 1. The molecule has 0 bridgehead atoms. The molecule has 1 unspecified atom stereocenters. The smallest absolute Gasteiger partial charge is 0.331 e. The molecule has 0 aromatic rings. The fourth-order valence-corrected chi connectivity index (χ4v) is 4.72. The van der Waals surface area contributed by atoms with Gasteiger partial charge in [0.25, 0.3) is 0 Å². The Hall–Kier alpha value is -1.10. The van der Waals surface area contributed by atoms with Gasteiger partial charge in [0.2, 0.25) is 0 Å². The third-order valence-electron chi connectivity index (χ3n) is 4.20. The van der Waals surface area contributed by atoms with Gasteiger partial charge in [-0.1, -0.05) is 71.5 Å². The predicted octanol–water partition coefficient (Wildman–Crippen LogP) is 5.02. The van der Waals surface area contributed by atoms with Crippen molar-refractivity contribution in [3.63, 3.8) is 0 Å². The summed E-state index contributed by atoms with van der Waals surface area (Å²) in [7, 11) is -1.27. The fraction of sp³-hybridized carbons (Fsp3) is 0.778. The van der Waals surface area contributed by atoms with Crippen LogP contribution >= 0.6 is 0 Å². The van der Waals surface area contributed by atoms with Gasteiger partial charge in [0.1, 0.15) is 0 Å². The summed E-state index contributed by atoms with van der Waals surface area (Å²) < 4.78 is 5.11. The second-order valence-corrected chi connectivity index (χ2v) is 12.8. The summed E-state index contributed by atoms with van der Waals surface area (Å²) >= 11 is 0. The van der Waals surface area contributed by atoms with Crippen molar-refractivity contribution >= 4 is 20.0 Å². The molecule has 0 saturated carbocycles. The van der Waals surface area contributed by atoms with Crippen LogP contribution in [0.4, 0.5) is 0 Å². The van der Waals surface area contributed by atoms with E-state index in [-0.39, 0.29) is 0 Å². The highest BCUT2D eigenvalue weighted by Gasteiger charge is 2.26. The van der Waals surface area contributed by atoms with E-state index in [1.165, 1.54) is 44.9 Å². The average Bonchev–Trinajstić information content (AvgIpc) is 2.45. The third kappa shape index (κ3) is 13.1. The molecule has 0 aromatic carbocycles. The van der Waals surface area contributed by atoms with Crippen molar-refractivity contribution in [2.75, 3.05) is 6.61 Å². The third-order valence-corrected chi connectivity index (χ3v) is 7.23. The Morgan fingerprint density at radius 1 is 1.00 bits per heavy atom. The SMILES string of the molecule is CCCCCCCCC(CCOC(=O)/C=C/C(=O)O)[Si](C)(C)C. The lowest BCUT2D eigenvalue weighted by Crippen LogP contribution is -2.29. The van der Waals surface area contributed by atoms with Gasteiger partial charge in [0.15, 0.2) is 0 Å². The number of carboxylic acid groups (broad SMARTS) is 1. The summed E-state index contributed by atoms with van der Waals surface area (Å²) in [5.41, 5.74) is 0.643. The van der Waals surface area contributed by atoms with Crippen LogP contribution in [0.3, 0.4) is 0 Å². The minimum atomic E-state index is -1.27. The molecule has 0 aromatic heterocycles. The minimum Gasteiger partial charge on any atom is -0.478 e. The van der Waals surface area contributed by atoms with Gasteiger partial charge in [-0.3, -0.25) is 0 Å². The van der Waals surface area contributed by atoms with E-state index < -0.39 is 20.0 Å². The first kappa shape index (κ1) is 21.9. The molecule has 4 nitrogen and oxygen atoms in total. The van der Waals surface area contributed by atoms with Crippen molar-refractivity contribution in [3.8, 4) is 0 Å². The van der Waals surface area contributed by atoms with Gasteiger partial charge in [-0.05, 0) is 12.0 Å². The number of carbonyl (C=O) groups is 2. The monoisotopic (exact) mass is 342 g/mol. The zero-order valence-corrected chi connectivity index (χ0v) is 16.3. The van der Waals surface area contributed by atoms with E-state index >= 15 is 0 Å². The highest BCUT2D eigenvalue weighted by molar-refractivity contribution is 6.77. The standard InChI is InChI=1S/C18H34O4Si/c1-5-6-7-8-9-10-11-16(23(2,3)4)14-15-22-18(21)13-12-17(19)20/h12-13,16H,5-11,14-15H2,1-4H3,(H,19,20)/b13-12+. The lowest BCUT2D eigenvalue weighted by atomic mass is 10.1. The van der Waals surface area contributed by atoms with Crippen LogP contribution in [0.5, 0.6) is 0 Å². The summed E-state index contributed by atoms with van der Waals surface area (Å²) in [6.45, 7) is 9.70. The van der Waals surface area contributed by atoms with Gasteiger partial charge in [0.05, 0.1) is 6.61 Å². The number of esters is 1. The normalized spacial score (nSPS) is 13.2. The number of unbranched alkanes of at least 4 members (excludes halogenated alkanes) is 5. The number of carbonyl (C=O) groups excluding carboxylic acids is 1. The van der Waals surface area contributed by atoms with Gasteiger partial charge in [-0.25, -0.2) is 9.59 Å². The van der Waals surface area contributed by atoms with Gasteiger partial charge < -0.3 is 9.84 Å². The zero-order chi connectivity index (χ0) is 17.7. The molecule has 0 heterocycles. The first-order valence-electron chi connectivity index (χ1n) is 8.85. The maximum Gasteiger partial charge on any atom is 0.331 e. The number of hydrogen-bond donors (Lipinski definition) is 1. The first-order valence-corrected chi connectivity index (χ1v) is 12.4. The molecule has 1 N–H and O–H groups in total. The lowest BCUT2D eigenvalue weighted by molar-refractivity contribution is -0.138. The van der Waals surface area contributed by atoms with Crippen molar-refractivity contribution in [1.82, 2.24) is 0 Å². The number of hydrogen-bond acceptors (Lipinski definition) is 3. The molecule has 0 saturated heterocycles. The topological polar surface area (TPSA) is 63.6 Å². The van der Waals surface area contributed by atoms with E-state index in [0.717, 1.165) is 18.6 Å². The van der Waals surface area contributed by atoms with Gasteiger partial charge in [-0.15, -0.1) is 0 Å².